The SMILES string of the molecule is COC(=O)c1c(C)oc2ccc(NS(=O)(=O)c3ccc(C(=O)O)cc3)cc12. The highest BCUT2D eigenvalue weighted by Gasteiger charge is 2.21. The van der Waals surface area contributed by atoms with Crippen LogP contribution in [0.3, 0.4) is 0 Å². The first-order valence-corrected chi connectivity index (χ1v) is 9.19. The second-order valence-corrected chi connectivity index (χ2v) is 7.35. The van der Waals surface area contributed by atoms with Crippen LogP contribution in [0.1, 0.15) is 26.5 Å². The van der Waals surface area contributed by atoms with E-state index in [0.29, 0.717) is 16.7 Å². The number of esters is 1. The number of rotatable bonds is 5. The van der Waals surface area contributed by atoms with E-state index in [1.54, 1.807) is 13.0 Å². The molecule has 0 fully saturated rings. The number of sulfonamides is 1. The Morgan fingerprint density at radius 1 is 1.11 bits per heavy atom. The maximum absolute atomic E-state index is 12.5. The number of ether oxygens (including phenoxy) is 1. The molecule has 0 bridgehead atoms. The van der Waals surface area contributed by atoms with Crippen molar-refractivity contribution in [2.24, 2.45) is 0 Å². The number of benzene rings is 2. The van der Waals surface area contributed by atoms with E-state index in [9.17, 15) is 18.0 Å². The Morgan fingerprint density at radius 3 is 2.37 bits per heavy atom. The lowest BCUT2D eigenvalue weighted by atomic mass is 10.1. The van der Waals surface area contributed by atoms with E-state index < -0.39 is 22.0 Å². The molecule has 0 spiro atoms. The van der Waals surface area contributed by atoms with Crippen molar-refractivity contribution < 1.29 is 32.3 Å². The molecule has 1 heterocycles. The average molecular weight is 389 g/mol. The van der Waals surface area contributed by atoms with Crippen LogP contribution < -0.4 is 4.72 Å². The van der Waals surface area contributed by atoms with Crippen molar-refractivity contribution in [3.63, 3.8) is 0 Å². The number of nitrogens with one attached hydrogen (secondary N) is 1. The van der Waals surface area contributed by atoms with Gasteiger partial charge in [0.2, 0.25) is 0 Å². The Kier molecular flexibility index (Phi) is 4.63. The first kappa shape index (κ1) is 18.5. The average Bonchev–Trinajstić information content (AvgIpc) is 2.96. The van der Waals surface area contributed by atoms with Gasteiger partial charge in [-0.15, -0.1) is 0 Å². The lowest BCUT2D eigenvalue weighted by Crippen LogP contribution is -2.13. The van der Waals surface area contributed by atoms with Crippen molar-refractivity contribution in [2.75, 3.05) is 11.8 Å². The molecular weight excluding hydrogens is 374 g/mol. The summed E-state index contributed by atoms with van der Waals surface area (Å²) in [5.41, 5.74) is 0.837. The fourth-order valence-corrected chi connectivity index (χ4v) is 3.68. The van der Waals surface area contributed by atoms with Crippen molar-refractivity contribution in [2.45, 2.75) is 11.8 Å². The van der Waals surface area contributed by atoms with Crippen LogP contribution in [0.25, 0.3) is 11.0 Å². The maximum atomic E-state index is 12.5. The normalized spacial score (nSPS) is 11.3. The molecule has 0 aliphatic heterocycles. The fraction of sp³-hybridized carbons (Fsp3) is 0.111. The molecule has 0 radical (unpaired) electrons. The third kappa shape index (κ3) is 3.49. The van der Waals surface area contributed by atoms with Gasteiger partial charge >= 0.3 is 11.9 Å². The largest absolute Gasteiger partial charge is 0.478 e. The summed E-state index contributed by atoms with van der Waals surface area (Å²) >= 11 is 0. The molecule has 0 aliphatic rings. The third-order valence-corrected chi connectivity index (χ3v) is 5.31. The number of methoxy groups -OCH3 is 1. The highest BCUT2D eigenvalue weighted by Crippen LogP contribution is 2.29. The molecule has 2 N–H and O–H groups in total. The number of aromatic carboxylic acids is 1. The topological polar surface area (TPSA) is 123 Å². The summed E-state index contributed by atoms with van der Waals surface area (Å²) in [4.78, 5) is 22.7. The van der Waals surface area contributed by atoms with Crippen molar-refractivity contribution in [3.8, 4) is 0 Å². The molecule has 0 unspecified atom stereocenters. The molecule has 27 heavy (non-hydrogen) atoms. The van der Waals surface area contributed by atoms with Gasteiger partial charge in [0.15, 0.2) is 0 Å². The van der Waals surface area contributed by atoms with Crippen molar-refractivity contribution in [1.82, 2.24) is 0 Å². The van der Waals surface area contributed by atoms with Crippen LogP contribution in [0.4, 0.5) is 5.69 Å². The quantitative estimate of drug-likeness (QED) is 0.643. The first-order valence-electron chi connectivity index (χ1n) is 7.70. The Bertz CT molecular complexity index is 1140. The zero-order valence-corrected chi connectivity index (χ0v) is 15.2. The predicted octanol–water partition coefficient (Wildman–Crippen LogP) is 3.03. The second-order valence-electron chi connectivity index (χ2n) is 5.67. The van der Waals surface area contributed by atoms with Crippen molar-refractivity contribution in [1.29, 1.82) is 0 Å². The minimum absolute atomic E-state index is 0.0213. The molecule has 8 nitrogen and oxygen atoms in total. The van der Waals surface area contributed by atoms with Crippen LogP contribution in [0.15, 0.2) is 51.8 Å². The Balaban J connectivity index is 1.98. The van der Waals surface area contributed by atoms with E-state index in [-0.39, 0.29) is 21.7 Å². The molecular formula is C18H15NO7S. The van der Waals surface area contributed by atoms with Gasteiger partial charge in [0.05, 0.1) is 17.6 Å². The van der Waals surface area contributed by atoms with Crippen LogP contribution in [-0.4, -0.2) is 32.6 Å². The van der Waals surface area contributed by atoms with E-state index in [2.05, 4.69) is 4.72 Å². The standard InChI is InChI=1S/C18H15NO7S/c1-10-16(18(22)25-2)14-9-12(5-8-15(14)26-10)19-27(23,24)13-6-3-11(4-7-13)17(20)21/h3-9,19H,1-2H3,(H,20,21). The number of aryl methyl sites for hydroxylation is 1. The molecule has 9 heteroatoms. The van der Waals surface area contributed by atoms with Crippen LogP contribution in [0.2, 0.25) is 0 Å². The molecule has 0 atom stereocenters. The van der Waals surface area contributed by atoms with Gasteiger partial charge in [-0.1, -0.05) is 0 Å². The maximum Gasteiger partial charge on any atom is 0.342 e. The van der Waals surface area contributed by atoms with Gasteiger partial charge in [0.25, 0.3) is 10.0 Å². The Morgan fingerprint density at radius 2 is 1.78 bits per heavy atom. The van der Waals surface area contributed by atoms with E-state index in [1.165, 1.54) is 43.5 Å². The van der Waals surface area contributed by atoms with Gasteiger partial charge in [-0.05, 0) is 49.4 Å². The minimum Gasteiger partial charge on any atom is -0.478 e. The van der Waals surface area contributed by atoms with Gasteiger partial charge in [0.1, 0.15) is 16.9 Å². The molecule has 0 saturated carbocycles. The highest BCUT2D eigenvalue weighted by molar-refractivity contribution is 7.92. The summed E-state index contributed by atoms with van der Waals surface area (Å²) in [6, 6.07) is 9.32. The van der Waals surface area contributed by atoms with Crippen LogP contribution in [0, 0.1) is 6.92 Å². The third-order valence-electron chi connectivity index (χ3n) is 3.92. The van der Waals surface area contributed by atoms with E-state index in [4.69, 9.17) is 14.3 Å². The summed E-state index contributed by atoms with van der Waals surface area (Å²) in [6.07, 6.45) is 0. The smallest absolute Gasteiger partial charge is 0.342 e. The Labute approximate surface area is 154 Å². The zero-order valence-electron chi connectivity index (χ0n) is 14.3. The number of anilines is 1. The van der Waals surface area contributed by atoms with E-state index in [1.807, 2.05) is 0 Å². The number of furan rings is 1. The van der Waals surface area contributed by atoms with Crippen molar-refractivity contribution in [3.05, 3.63) is 59.4 Å². The van der Waals surface area contributed by atoms with E-state index in [0.717, 1.165) is 0 Å². The summed E-state index contributed by atoms with van der Waals surface area (Å²) in [7, 11) is -2.70. The Hall–Kier alpha value is -3.33. The number of carbonyl (C=O) groups excluding carboxylic acids is 1. The van der Waals surface area contributed by atoms with Crippen LogP contribution in [0.5, 0.6) is 0 Å². The van der Waals surface area contributed by atoms with Crippen LogP contribution in [-0.2, 0) is 14.8 Å². The number of hydrogen-bond acceptors (Lipinski definition) is 6. The summed E-state index contributed by atoms with van der Waals surface area (Å²) in [5, 5.41) is 9.31. The summed E-state index contributed by atoms with van der Waals surface area (Å²) in [5.74, 6) is -1.38. The van der Waals surface area contributed by atoms with Gasteiger partial charge in [0, 0.05) is 11.1 Å². The molecule has 3 aromatic rings. The summed E-state index contributed by atoms with van der Waals surface area (Å²) < 4.78 is 37.7. The molecule has 0 amide bonds. The van der Waals surface area contributed by atoms with Gasteiger partial charge in [-0.25, -0.2) is 18.0 Å². The second kappa shape index (κ2) is 6.76. The minimum atomic E-state index is -3.95. The summed E-state index contributed by atoms with van der Waals surface area (Å²) in [6.45, 7) is 1.61. The zero-order chi connectivity index (χ0) is 19.8. The number of carboxylic acids is 1. The molecule has 3 rings (SSSR count). The van der Waals surface area contributed by atoms with Gasteiger partial charge in [-0.3, -0.25) is 4.72 Å². The molecule has 2 aromatic carbocycles. The van der Waals surface area contributed by atoms with Gasteiger partial charge < -0.3 is 14.3 Å². The van der Waals surface area contributed by atoms with Crippen LogP contribution >= 0.6 is 0 Å². The lowest BCUT2D eigenvalue weighted by molar-refractivity contribution is 0.0599. The molecule has 0 aliphatic carbocycles. The number of fused-ring (bicyclic) bond motifs is 1. The van der Waals surface area contributed by atoms with Crippen molar-refractivity contribution >= 4 is 38.6 Å². The number of carboxylic acid groups (broad SMARTS) is 1. The molecule has 140 valence electrons. The number of carbonyl (C=O) groups is 2. The predicted molar refractivity (Wildman–Crippen MR) is 96.5 cm³/mol. The first-order chi connectivity index (χ1) is 12.7. The number of hydrogen-bond donors (Lipinski definition) is 2. The molecule has 0 saturated heterocycles. The fourth-order valence-electron chi connectivity index (χ4n) is 2.63. The van der Waals surface area contributed by atoms with Gasteiger partial charge in [-0.2, -0.15) is 0 Å². The monoisotopic (exact) mass is 389 g/mol. The molecule has 1 aromatic heterocycles. The van der Waals surface area contributed by atoms with E-state index >= 15 is 0 Å². The lowest BCUT2D eigenvalue weighted by Gasteiger charge is -2.08. The highest BCUT2D eigenvalue weighted by atomic mass is 32.2.